The first-order valence-electron chi connectivity index (χ1n) is 6.32. The number of carbonyl (C=O) groups excluding carboxylic acids is 1. The van der Waals surface area contributed by atoms with E-state index in [2.05, 4.69) is 4.74 Å². The normalized spacial score (nSPS) is 21.0. The Bertz CT molecular complexity index is 597. The number of carboxylic acid groups (broad SMARTS) is 1. The van der Waals surface area contributed by atoms with Crippen LogP contribution in [0.3, 0.4) is 0 Å². The van der Waals surface area contributed by atoms with Crippen LogP contribution in [0.4, 0.5) is 4.79 Å². The van der Waals surface area contributed by atoms with Crippen LogP contribution in [0.2, 0.25) is 0 Å². The molecule has 114 valence electrons. The summed E-state index contributed by atoms with van der Waals surface area (Å²) < 4.78 is 15.0. The lowest BCUT2D eigenvalue weighted by molar-refractivity contribution is -0.175. The van der Waals surface area contributed by atoms with E-state index in [0.717, 1.165) is 11.1 Å². The molecule has 0 aliphatic carbocycles. The van der Waals surface area contributed by atoms with Crippen LogP contribution in [0.15, 0.2) is 12.1 Å². The average molecular weight is 315 g/mol. The zero-order chi connectivity index (χ0) is 15.8. The molecular weight excluding hydrogens is 300 g/mol. The zero-order valence-corrected chi connectivity index (χ0v) is 12.6. The van der Waals surface area contributed by atoms with Crippen molar-refractivity contribution in [2.45, 2.75) is 38.4 Å². The summed E-state index contributed by atoms with van der Waals surface area (Å²) in [5, 5.41) is 8.46. The number of alkyl halides is 1. The number of benzene rings is 1. The second-order valence-corrected chi connectivity index (χ2v) is 5.71. The smallest absolute Gasteiger partial charge is 0.449 e. The van der Waals surface area contributed by atoms with Crippen molar-refractivity contribution >= 4 is 23.7 Å². The van der Waals surface area contributed by atoms with Gasteiger partial charge in [0.1, 0.15) is 0 Å². The van der Waals surface area contributed by atoms with Gasteiger partial charge in [-0.2, -0.15) is 0 Å². The number of carbonyl (C=O) groups is 2. The summed E-state index contributed by atoms with van der Waals surface area (Å²) >= 11 is 5.99. The lowest BCUT2D eigenvalue weighted by atomic mass is 10.0. The van der Waals surface area contributed by atoms with Gasteiger partial charge in [-0.05, 0) is 37.5 Å². The molecule has 0 amide bonds. The van der Waals surface area contributed by atoms with Crippen LogP contribution in [-0.4, -0.2) is 28.4 Å². The van der Waals surface area contributed by atoms with Gasteiger partial charge in [-0.3, -0.25) is 0 Å². The molecule has 1 aromatic rings. The van der Waals surface area contributed by atoms with Crippen LogP contribution in [0.5, 0.6) is 11.5 Å². The molecule has 1 aromatic carbocycles. The number of ether oxygens (including phenoxy) is 3. The van der Waals surface area contributed by atoms with E-state index in [9.17, 15) is 9.59 Å². The molecule has 0 radical (unpaired) electrons. The third-order valence-electron chi connectivity index (χ3n) is 3.14. The second kappa shape index (κ2) is 5.44. The summed E-state index contributed by atoms with van der Waals surface area (Å²) in [7, 11) is 0. The van der Waals surface area contributed by atoms with Crippen molar-refractivity contribution in [2.24, 2.45) is 0 Å². The van der Waals surface area contributed by atoms with Gasteiger partial charge >= 0.3 is 17.9 Å². The third kappa shape index (κ3) is 3.05. The van der Waals surface area contributed by atoms with Gasteiger partial charge in [-0.1, -0.05) is 6.07 Å². The predicted molar refractivity (Wildman–Crippen MR) is 74.0 cm³/mol. The molecule has 0 bridgehead atoms. The molecule has 2 rings (SSSR count). The lowest BCUT2D eigenvalue weighted by Crippen LogP contribution is -2.45. The highest BCUT2D eigenvalue weighted by Gasteiger charge is 2.48. The summed E-state index contributed by atoms with van der Waals surface area (Å²) in [5.74, 6) is -2.17. The van der Waals surface area contributed by atoms with Gasteiger partial charge in [-0.25, -0.2) is 9.59 Å². The van der Waals surface area contributed by atoms with Gasteiger partial charge in [0.15, 0.2) is 11.5 Å². The van der Waals surface area contributed by atoms with Crippen LogP contribution in [0, 0.1) is 6.92 Å². The highest BCUT2D eigenvalue weighted by atomic mass is 35.5. The molecule has 1 heterocycles. The Balaban J connectivity index is 2.28. The first-order chi connectivity index (χ1) is 9.73. The minimum absolute atomic E-state index is 0.0487. The molecule has 1 unspecified atom stereocenters. The molecule has 0 spiro atoms. The molecule has 1 aliphatic heterocycles. The van der Waals surface area contributed by atoms with E-state index in [1.165, 1.54) is 6.92 Å². The van der Waals surface area contributed by atoms with Crippen LogP contribution in [0.25, 0.3) is 0 Å². The Hall–Kier alpha value is -1.95. The Morgan fingerprint density at radius 1 is 1.43 bits per heavy atom. The van der Waals surface area contributed by atoms with Crippen molar-refractivity contribution in [1.29, 1.82) is 0 Å². The van der Waals surface area contributed by atoms with Gasteiger partial charge in [0.2, 0.25) is 0 Å². The Kier molecular flexibility index (Phi) is 4.00. The molecule has 0 saturated heterocycles. The minimum atomic E-state index is -1.81. The van der Waals surface area contributed by atoms with E-state index < -0.39 is 17.9 Å². The minimum Gasteiger partial charge on any atom is -0.449 e. The topological polar surface area (TPSA) is 82.1 Å². The Labute approximate surface area is 126 Å². The fourth-order valence-electron chi connectivity index (χ4n) is 2.12. The summed E-state index contributed by atoms with van der Waals surface area (Å²) in [6, 6.07) is 3.50. The predicted octanol–water partition coefficient (Wildman–Crippen LogP) is 2.87. The van der Waals surface area contributed by atoms with E-state index in [4.69, 9.17) is 26.2 Å². The first-order valence-corrected chi connectivity index (χ1v) is 6.76. The van der Waals surface area contributed by atoms with Crippen LogP contribution in [0.1, 0.15) is 25.0 Å². The maximum Gasteiger partial charge on any atom is 0.513 e. The molecule has 1 aliphatic rings. The maximum atomic E-state index is 11.7. The van der Waals surface area contributed by atoms with Gasteiger partial charge in [0.05, 0.1) is 0 Å². The molecule has 0 fully saturated rings. The molecule has 0 saturated carbocycles. The summed E-state index contributed by atoms with van der Waals surface area (Å²) in [5.41, 5.74) is 1.77. The number of fused-ring (bicyclic) bond motifs is 1. The van der Waals surface area contributed by atoms with Crippen LogP contribution < -0.4 is 9.47 Å². The van der Waals surface area contributed by atoms with Crippen molar-refractivity contribution in [3.63, 3.8) is 0 Å². The Morgan fingerprint density at radius 2 is 2.10 bits per heavy atom. The molecule has 6 nitrogen and oxygen atoms in total. The maximum absolute atomic E-state index is 11.7. The van der Waals surface area contributed by atoms with Crippen LogP contribution in [-0.2, 0) is 16.0 Å². The number of halogens is 1. The van der Waals surface area contributed by atoms with Gasteiger partial charge in [-0.15, -0.1) is 11.6 Å². The summed E-state index contributed by atoms with van der Waals surface area (Å²) in [6.07, 6.45) is -1.07. The van der Waals surface area contributed by atoms with Crippen molar-refractivity contribution in [1.82, 2.24) is 0 Å². The fraction of sp³-hybridized carbons (Fsp3) is 0.429. The monoisotopic (exact) mass is 314 g/mol. The molecule has 7 heteroatoms. The summed E-state index contributed by atoms with van der Waals surface area (Å²) in [6.45, 7) is 5.01. The van der Waals surface area contributed by atoms with Crippen molar-refractivity contribution < 1.29 is 28.9 Å². The average Bonchev–Trinajstić information content (AvgIpc) is 2.71. The summed E-state index contributed by atoms with van der Waals surface area (Å²) in [4.78, 5) is 22.2. The van der Waals surface area contributed by atoms with Gasteiger partial charge in [0, 0.05) is 12.3 Å². The lowest BCUT2D eigenvalue weighted by Gasteiger charge is -2.19. The van der Waals surface area contributed by atoms with Gasteiger partial charge < -0.3 is 19.3 Å². The highest BCUT2D eigenvalue weighted by molar-refractivity contribution is 6.20. The third-order valence-corrected chi connectivity index (χ3v) is 3.29. The van der Waals surface area contributed by atoms with Crippen LogP contribution >= 0.6 is 11.6 Å². The van der Waals surface area contributed by atoms with E-state index in [0.29, 0.717) is 17.9 Å². The van der Waals surface area contributed by atoms with Crippen molar-refractivity contribution in [2.75, 3.05) is 0 Å². The fourth-order valence-corrected chi connectivity index (χ4v) is 2.29. The Morgan fingerprint density at radius 3 is 2.67 bits per heavy atom. The number of rotatable bonds is 3. The van der Waals surface area contributed by atoms with E-state index in [-0.39, 0.29) is 5.38 Å². The van der Waals surface area contributed by atoms with Crippen molar-refractivity contribution in [3.8, 4) is 11.5 Å². The van der Waals surface area contributed by atoms with Gasteiger partial charge in [0.25, 0.3) is 0 Å². The standard InChI is InChI=1S/C14H15ClO6/c1-7(15)6-9-4-5-10-11(8(9)2)21-14(3,20-10)12(16)19-13(17)18/h4-5,7H,6H2,1-3H3,(H,17,18)/t7-,14?/m0/s1. The number of esters is 1. The van der Waals surface area contributed by atoms with E-state index >= 15 is 0 Å². The molecular formula is C14H15ClO6. The highest BCUT2D eigenvalue weighted by Crippen LogP contribution is 2.43. The SMILES string of the molecule is Cc1c(C[C@H](C)Cl)ccc2c1OC(C)(C(=O)OC(=O)O)O2. The zero-order valence-electron chi connectivity index (χ0n) is 11.8. The molecule has 21 heavy (non-hydrogen) atoms. The first kappa shape index (κ1) is 15.4. The van der Waals surface area contributed by atoms with E-state index in [1.807, 2.05) is 19.9 Å². The number of hydrogen-bond acceptors (Lipinski definition) is 5. The second-order valence-electron chi connectivity index (χ2n) is 4.97. The molecule has 1 N–H and O–H groups in total. The van der Waals surface area contributed by atoms with Crippen molar-refractivity contribution in [3.05, 3.63) is 23.3 Å². The largest absolute Gasteiger partial charge is 0.513 e. The number of hydrogen-bond donors (Lipinski definition) is 1. The van der Waals surface area contributed by atoms with E-state index in [1.54, 1.807) is 6.07 Å². The molecule has 2 atom stereocenters. The quantitative estimate of drug-likeness (QED) is 0.525. The molecule has 0 aromatic heterocycles.